The quantitative estimate of drug-likeness (QED) is 0.172. The number of nitrogens with zero attached hydrogens (tertiary/aromatic N) is 1. The van der Waals surface area contributed by atoms with E-state index in [1.165, 1.54) is 14.2 Å². The van der Waals surface area contributed by atoms with Gasteiger partial charge >= 0.3 is 6.03 Å². The van der Waals surface area contributed by atoms with Gasteiger partial charge in [-0.25, -0.2) is 4.79 Å². The molecule has 244 valence electrons. The first-order valence-corrected chi connectivity index (χ1v) is 14.8. The van der Waals surface area contributed by atoms with E-state index in [2.05, 4.69) is 21.3 Å². The number of hydrogen-bond acceptors (Lipinski definition) is 8. The molecule has 0 fully saturated rings. The molecule has 3 atom stereocenters. The van der Waals surface area contributed by atoms with E-state index >= 15 is 0 Å². The molecule has 4 amide bonds. The number of amides is 4. The van der Waals surface area contributed by atoms with Crippen LogP contribution in [0.3, 0.4) is 0 Å². The average Bonchev–Trinajstić information content (AvgIpc) is 3.00. The van der Waals surface area contributed by atoms with E-state index in [4.69, 9.17) is 14.2 Å². The monoisotopic (exact) mass is 615 g/mol. The Morgan fingerprint density at radius 1 is 0.841 bits per heavy atom. The van der Waals surface area contributed by atoms with Gasteiger partial charge in [0.05, 0.1) is 20.3 Å². The zero-order valence-electron chi connectivity index (χ0n) is 26.9. The Balaban J connectivity index is 1.93. The highest BCUT2D eigenvalue weighted by Crippen LogP contribution is 2.22. The number of aliphatic hydroxyl groups is 1. The Morgan fingerprint density at radius 2 is 1.45 bits per heavy atom. The fourth-order valence-electron chi connectivity index (χ4n) is 4.28. The van der Waals surface area contributed by atoms with Crippen LogP contribution in [0.25, 0.3) is 0 Å². The number of rotatable bonds is 18. The zero-order valence-corrected chi connectivity index (χ0v) is 26.9. The first kappa shape index (κ1) is 36.2. The van der Waals surface area contributed by atoms with Crippen LogP contribution >= 0.6 is 0 Å². The van der Waals surface area contributed by atoms with Crippen molar-refractivity contribution in [3.05, 3.63) is 53.6 Å². The number of hydrogen-bond donors (Lipinski definition) is 5. The Morgan fingerprint density at radius 3 is 2.00 bits per heavy atom. The van der Waals surface area contributed by atoms with E-state index in [1.54, 1.807) is 25.1 Å². The van der Waals surface area contributed by atoms with Crippen molar-refractivity contribution < 1.29 is 33.7 Å². The maximum absolute atomic E-state index is 13.2. The Kier molecular flexibility index (Phi) is 15.3. The highest BCUT2D eigenvalue weighted by molar-refractivity contribution is 5.88. The molecule has 0 aliphatic heterocycles. The van der Waals surface area contributed by atoms with Gasteiger partial charge in [0, 0.05) is 25.7 Å². The molecule has 2 aromatic rings. The van der Waals surface area contributed by atoms with Gasteiger partial charge in [-0.1, -0.05) is 32.9 Å². The Bertz CT molecular complexity index is 1170. The maximum atomic E-state index is 13.2. The molecule has 2 aromatic carbocycles. The largest absolute Gasteiger partial charge is 0.497 e. The third-order valence-electron chi connectivity index (χ3n) is 6.81. The van der Waals surface area contributed by atoms with Gasteiger partial charge in [-0.05, 0) is 68.2 Å². The molecular formula is C32H49N5O7. The highest BCUT2D eigenvalue weighted by Gasteiger charge is 2.30. The lowest BCUT2D eigenvalue weighted by molar-refractivity contribution is -0.132. The van der Waals surface area contributed by atoms with Crippen molar-refractivity contribution in [2.45, 2.75) is 64.9 Å². The highest BCUT2D eigenvalue weighted by atomic mass is 16.5. The lowest BCUT2D eigenvalue weighted by Gasteiger charge is -2.26. The van der Waals surface area contributed by atoms with E-state index < -0.39 is 36.0 Å². The normalized spacial score (nSPS) is 13.0. The fourth-order valence-corrected chi connectivity index (χ4v) is 4.28. The van der Waals surface area contributed by atoms with E-state index in [0.29, 0.717) is 30.9 Å². The molecule has 0 bridgehead atoms. The summed E-state index contributed by atoms with van der Waals surface area (Å²) in [4.78, 5) is 40.8. The van der Waals surface area contributed by atoms with Crippen LogP contribution in [0.15, 0.2) is 42.5 Å². The van der Waals surface area contributed by atoms with Crippen molar-refractivity contribution in [2.24, 2.45) is 5.92 Å². The summed E-state index contributed by atoms with van der Waals surface area (Å²) in [5.74, 6) is 0.858. The minimum Gasteiger partial charge on any atom is -0.497 e. The molecule has 2 rings (SSSR count). The number of carbonyl (C=O) groups excluding carboxylic acids is 3. The number of likely N-dealkylation sites (N-methyl/N-ethyl adjacent to an activating group) is 1. The summed E-state index contributed by atoms with van der Waals surface area (Å²) in [7, 11) is 7.02. The summed E-state index contributed by atoms with van der Waals surface area (Å²) in [6.07, 6.45) is -0.836. The van der Waals surface area contributed by atoms with E-state index in [9.17, 15) is 19.5 Å². The minimum atomic E-state index is -1.50. The molecule has 0 aliphatic rings. The number of ether oxygens (including phenoxy) is 3. The molecular weight excluding hydrogens is 566 g/mol. The molecule has 44 heavy (non-hydrogen) atoms. The van der Waals surface area contributed by atoms with Crippen molar-refractivity contribution in [1.82, 2.24) is 26.2 Å². The summed E-state index contributed by atoms with van der Waals surface area (Å²) in [6.45, 7) is 7.40. The zero-order chi connectivity index (χ0) is 32.6. The van der Waals surface area contributed by atoms with Crippen LogP contribution in [-0.4, -0.2) is 87.5 Å². The van der Waals surface area contributed by atoms with Gasteiger partial charge in [0.15, 0.2) is 6.10 Å². The van der Waals surface area contributed by atoms with Crippen molar-refractivity contribution in [1.29, 1.82) is 0 Å². The topological polar surface area (TPSA) is 150 Å². The van der Waals surface area contributed by atoms with Crippen molar-refractivity contribution >= 4 is 17.8 Å². The van der Waals surface area contributed by atoms with Gasteiger partial charge in [0.2, 0.25) is 5.91 Å². The number of aliphatic hydroxyl groups excluding tert-OH is 1. The van der Waals surface area contributed by atoms with Crippen molar-refractivity contribution in [3.63, 3.8) is 0 Å². The summed E-state index contributed by atoms with van der Waals surface area (Å²) >= 11 is 0. The minimum absolute atomic E-state index is 0.0965. The van der Waals surface area contributed by atoms with Gasteiger partial charge in [0.25, 0.3) is 5.91 Å². The van der Waals surface area contributed by atoms with Crippen LogP contribution in [0.5, 0.6) is 17.2 Å². The Labute approximate surface area is 260 Å². The second-order valence-electron chi connectivity index (χ2n) is 11.2. The molecule has 3 unspecified atom stereocenters. The second-order valence-corrected chi connectivity index (χ2v) is 11.2. The molecule has 12 nitrogen and oxygen atoms in total. The molecule has 0 radical (unpaired) electrons. The predicted molar refractivity (Wildman–Crippen MR) is 169 cm³/mol. The number of benzene rings is 2. The fraction of sp³-hybridized carbons (Fsp3) is 0.531. The lowest BCUT2D eigenvalue weighted by Crippen LogP contribution is -2.56. The number of carbonyl (C=O) groups is 3. The van der Waals surface area contributed by atoms with E-state index in [1.807, 2.05) is 57.1 Å². The first-order valence-electron chi connectivity index (χ1n) is 14.8. The molecule has 0 saturated carbocycles. The number of methoxy groups -OCH3 is 2. The molecule has 0 aliphatic carbocycles. The van der Waals surface area contributed by atoms with Gasteiger partial charge < -0.3 is 45.5 Å². The van der Waals surface area contributed by atoms with E-state index in [-0.39, 0.29) is 19.0 Å². The third kappa shape index (κ3) is 12.7. The second kappa shape index (κ2) is 18.6. The molecule has 0 aromatic heterocycles. The molecule has 0 spiro atoms. The summed E-state index contributed by atoms with van der Waals surface area (Å²) in [5.41, 5.74) is 1.59. The molecule has 0 saturated heterocycles. The van der Waals surface area contributed by atoms with Crippen molar-refractivity contribution in [2.75, 3.05) is 41.5 Å². The number of urea groups is 1. The lowest BCUT2D eigenvalue weighted by atomic mass is 10.0. The van der Waals surface area contributed by atoms with Gasteiger partial charge in [-0.15, -0.1) is 0 Å². The average molecular weight is 616 g/mol. The summed E-state index contributed by atoms with van der Waals surface area (Å²) in [6, 6.07) is 10.4. The molecule has 5 N–H and O–H groups in total. The molecule has 12 heteroatoms. The predicted octanol–water partition coefficient (Wildman–Crippen LogP) is 2.43. The SMILES string of the molecule is CCC(NC(=O)C(CC(C)C)NC(=O)NCc1ccc(OCCN(C)C)cc1)C(O)C(=O)NCc1cc(OC)cc(OC)c1. The van der Waals surface area contributed by atoms with Gasteiger partial charge in [-0.2, -0.15) is 0 Å². The van der Waals surface area contributed by atoms with Crippen LogP contribution < -0.4 is 35.5 Å². The maximum Gasteiger partial charge on any atom is 0.315 e. The standard InChI is InChI=1S/C32H49N5O7/c1-8-27(29(38)31(40)33-20-23-16-25(42-6)18-26(17-23)43-7)35-30(39)28(15-21(2)3)36-32(41)34-19-22-9-11-24(12-10-22)44-14-13-37(4)5/h9-12,16-18,21,27-29,38H,8,13-15,19-20H2,1-7H3,(H,33,40)(H,35,39)(H2,34,36,41). The summed E-state index contributed by atoms with van der Waals surface area (Å²) in [5, 5.41) is 21.7. The smallest absolute Gasteiger partial charge is 0.315 e. The summed E-state index contributed by atoms with van der Waals surface area (Å²) < 4.78 is 16.2. The van der Waals surface area contributed by atoms with Crippen LogP contribution in [0.1, 0.15) is 44.7 Å². The van der Waals surface area contributed by atoms with Crippen LogP contribution in [0, 0.1) is 5.92 Å². The van der Waals surface area contributed by atoms with Crippen molar-refractivity contribution in [3.8, 4) is 17.2 Å². The number of nitrogens with one attached hydrogen (secondary N) is 4. The van der Waals surface area contributed by atoms with Crippen LogP contribution in [-0.2, 0) is 22.7 Å². The van der Waals surface area contributed by atoms with Crippen LogP contribution in [0.2, 0.25) is 0 Å². The van der Waals surface area contributed by atoms with Gasteiger partial charge in [0.1, 0.15) is 29.9 Å². The van der Waals surface area contributed by atoms with E-state index in [0.717, 1.165) is 23.4 Å². The van der Waals surface area contributed by atoms with Gasteiger partial charge in [-0.3, -0.25) is 9.59 Å². The first-order chi connectivity index (χ1) is 20.9. The Hall–Kier alpha value is -4.03. The van der Waals surface area contributed by atoms with Crippen LogP contribution in [0.4, 0.5) is 4.79 Å². The molecule has 0 heterocycles. The third-order valence-corrected chi connectivity index (χ3v) is 6.81.